The van der Waals surface area contributed by atoms with Crippen molar-refractivity contribution in [3.63, 3.8) is 0 Å². The Kier molecular flexibility index (Phi) is 2.32. The third-order valence-electron chi connectivity index (χ3n) is 2.14. The molecule has 0 aliphatic carbocycles. The fourth-order valence-electron chi connectivity index (χ4n) is 1.50. The van der Waals surface area contributed by atoms with Crippen LogP contribution in [0, 0.1) is 6.92 Å². The highest BCUT2D eigenvalue weighted by molar-refractivity contribution is 7.08. The fraction of sp³-hybridized carbons (Fsp3) is 0.200. The van der Waals surface area contributed by atoms with Crippen molar-refractivity contribution in [2.24, 2.45) is 0 Å². The quantitative estimate of drug-likeness (QED) is 0.627. The number of thiophene rings is 1. The lowest BCUT2D eigenvalue weighted by molar-refractivity contribution is 0.0965. The molecular formula is C10H10N2O2S. The van der Waals surface area contributed by atoms with Gasteiger partial charge in [-0.15, -0.1) is 0 Å². The van der Waals surface area contributed by atoms with E-state index in [1.165, 1.54) is 18.3 Å². The van der Waals surface area contributed by atoms with E-state index in [0.29, 0.717) is 11.5 Å². The van der Waals surface area contributed by atoms with Gasteiger partial charge in [-0.1, -0.05) is 0 Å². The molecule has 0 bridgehead atoms. The molecule has 0 aliphatic rings. The molecule has 2 aromatic rings. The van der Waals surface area contributed by atoms with Crippen LogP contribution in [0.2, 0.25) is 0 Å². The smallest absolute Gasteiger partial charge is 0.181 e. The molecule has 0 amide bonds. The highest BCUT2D eigenvalue weighted by Crippen LogP contribution is 2.23. The van der Waals surface area contributed by atoms with Gasteiger partial charge in [0.15, 0.2) is 11.6 Å². The molecule has 4 nitrogen and oxygen atoms in total. The Hall–Kier alpha value is -1.62. The van der Waals surface area contributed by atoms with E-state index < -0.39 is 0 Å². The van der Waals surface area contributed by atoms with Crippen LogP contribution in [-0.2, 0) is 0 Å². The van der Waals surface area contributed by atoms with Gasteiger partial charge in [-0.25, -0.2) is 4.98 Å². The van der Waals surface area contributed by atoms with E-state index in [9.17, 15) is 10.0 Å². The number of ketones is 1. The summed E-state index contributed by atoms with van der Waals surface area (Å²) in [6.07, 6.45) is 0. The molecule has 0 unspecified atom stereocenters. The summed E-state index contributed by atoms with van der Waals surface area (Å²) in [7, 11) is 0. The highest BCUT2D eigenvalue weighted by Gasteiger charge is 2.18. The summed E-state index contributed by atoms with van der Waals surface area (Å²) in [5.41, 5.74) is 1.61. The Bertz CT molecular complexity index is 500. The van der Waals surface area contributed by atoms with E-state index in [4.69, 9.17) is 0 Å². The molecule has 1 N–H and O–H groups in total. The van der Waals surface area contributed by atoms with Crippen molar-refractivity contribution in [2.45, 2.75) is 13.8 Å². The zero-order valence-electron chi connectivity index (χ0n) is 8.39. The van der Waals surface area contributed by atoms with E-state index >= 15 is 0 Å². The van der Waals surface area contributed by atoms with Gasteiger partial charge in [-0.2, -0.15) is 16.1 Å². The van der Waals surface area contributed by atoms with Gasteiger partial charge in [0.05, 0.1) is 5.69 Å². The Balaban J connectivity index is 2.61. The number of Topliss-reactive ketones (excluding diaryl/α,β-unsaturated/α-hetero) is 1. The summed E-state index contributed by atoms with van der Waals surface area (Å²) in [5, 5.41) is 13.6. The lowest BCUT2D eigenvalue weighted by Crippen LogP contribution is -2.05. The van der Waals surface area contributed by atoms with Crippen molar-refractivity contribution >= 4 is 17.1 Å². The predicted octanol–water partition coefficient (Wildman–Crippen LogP) is 2.36. The maximum atomic E-state index is 11.3. The van der Waals surface area contributed by atoms with E-state index in [1.54, 1.807) is 6.92 Å². The van der Waals surface area contributed by atoms with Crippen molar-refractivity contribution in [3.8, 4) is 11.4 Å². The summed E-state index contributed by atoms with van der Waals surface area (Å²) in [6.45, 7) is 3.12. The molecule has 0 aliphatic heterocycles. The summed E-state index contributed by atoms with van der Waals surface area (Å²) < 4.78 is 0.861. The lowest BCUT2D eigenvalue weighted by atomic mass is 10.3. The lowest BCUT2D eigenvalue weighted by Gasteiger charge is -1.99. The zero-order chi connectivity index (χ0) is 11.0. The van der Waals surface area contributed by atoms with Gasteiger partial charge < -0.3 is 5.21 Å². The zero-order valence-corrected chi connectivity index (χ0v) is 9.21. The van der Waals surface area contributed by atoms with Gasteiger partial charge in [0.25, 0.3) is 0 Å². The monoisotopic (exact) mass is 222 g/mol. The van der Waals surface area contributed by atoms with Gasteiger partial charge >= 0.3 is 0 Å². The first-order valence-corrected chi connectivity index (χ1v) is 5.37. The molecule has 2 rings (SSSR count). The number of rotatable bonds is 2. The molecule has 0 atom stereocenters. The molecule has 0 aromatic carbocycles. The largest absolute Gasteiger partial charge is 0.426 e. The summed E-state index contributed by atoms with van der Waals surface area (Å²) >= 11 is 1.52. The first-order valence-electron chi connectivity index (χ1n) is 4.43. The summed E-state index contributed by atoms with van der Waals surface area (Å²) in [5.74, 6) is 0.225. The number of aryl methyl sites for hydroxylation is 1. The van der Waals surface area contributed by atoms with Crippen LogP contribution < -0.4 is 0 Å². The molecular weight excluding hydrogens is 212 g/mol. The second-order valence-electron chi connectivity index (χ2n) is 3.25. The van der Waals surface area contributed by atoms with Crippen LogP contribution in [0.1, 0.15) is 23.1 Å². The van der Waals surface area contributed by atoms with E-state index in [0.717, 1.165) is 10.3 Å². The predicted molar refractivity (Wildman–Crippen MR) is 57.5 cm³/mol. The average molecular weight is 222 g/mol. The molecule has 0 radical (unpaired) electrons. The van der Waals surface area contributed by atoms with Gasteiger partial charge in [0.2, 0.25) is 0 Å². The SMILES string of the molecule is CC(=O)c1c(C)nc(-c2ccsc2)n1O. The first-order chi connectivity index (χ1) is 7.11. The van der Waals surface area contributed by atoms with Crippen molar-refractivity contribution in [1.29, 1.82) is 0 Å². The van der Waals surface area contributed by atoms with Gasteiger partial charge in [-0.05, 0) is 18.4 Å². The van der Waals surface area contributed by atoms with Crippen LogP contribution in [-0.4, -0.2) is 20.7 Å². The number of carbonyl (C=O) groups excluding carboxylic acids is 1. The number of imidazole rings is 1. The molecule has 0 saturated heterocycles. The summed E-state index contributed by atoms with van der Waals surface area (Å²) in [4.78, 5) is 15.4. The molecule has 2 heterocycles. The van der Waals surface area contributed by atoms with E-state index in [-0.39, 0.29) is 11.5 Å². The molecule has 0 saturated carbocycles. The maximum Gasteiger partial charge on any atom is 0.181 e. The molecule has 78 valence electrons. The van der Waals surface area contributed by atoms with Crippen LogP contribution >= 0.6 is 11.3 Å². The number of aromatic nitrogens is 2. The summed E-state index contributed by atoms with van der Waals surface area (Å²) in [6, 6.07) is 1.85. The minimum absolute atomic E-state index is 0.191. The average Bonchev–Trinajstić information content (AvgIpc) is 2.72. The highest BCUT2D eigenvalue weighted by atomic mass is 32.1. The maximum absolute atomic E-state index is 11.3. The number of carbonyl (C=O) groups is 1. The van der Waals surface area contributed by atoms with Gasteiger partial charge in [0.1, 0.15) is 5.69 Å². The van der Waals surface area contributed by atoms with Gasteiger partial charge in [0, 0.05) is 17.9 Å². The second-order valence-corrected chi connectivity index (χ2v) is 4.03. The van der Waals surface area contributed by atoms with Crippen LogP contribution in [0.3, 0.4) is 0 Å². The van der Waals surface area contributed by atoms with Crippen LogP contribution in [0.5, 0.6) is 0 Å². The Morgan fingerprint density at radius 3 is 2.80 bits per heavy atom. The third kappa shape index (κ3) is 1.55. The topological polar surface area (TPSA) is 55.1 Å². The molecule has 15 heavy (non-hydrogen) atoms. The van der Waals surface area contributed by atoms with Gasteiger partial charge in [-0.3, -0.25) is 4.79 Å². The molecule has 0 fully saturated rings. The number of hydrogen-bond acceptors (Lipinski definition) is 4. The van der Waals surface area contributed by atoms with E-state index in [1.807, 2.05) is 16.8 Å². The van der Waals surface area contributed by atoms with Crippen LogP contribution in [0.25, 0.3) is 11.4 Å². The van der Waals surface area contributed by atoms with Crippen molar-refractivity contribution in [3.05, 3.63) is 28.2 Å². The second kappa shape index (κ2) is 3.51. The Morgan fingerprint density at radius 1 is 1.60 bits per heavy atom. The first kappa shape index (κ1) is 9.92. The Morgan fingerprint density at radius 2 is 2.33 bits per heavy atom. The molecule has 0 spiro atoms. The van der Waals surface area contributed by atoms with Crippen molar-refractivity contribution < 1.29 is 10.0 Å². The Labute approximate surface area is 90.8 Å². The minimum atomic E-state index is -0.191. The molecule has 5 heteroatoms. The van der Waals surface area contributed by atoms with Crippen molar-refractivity contribution in [2.75, 3.05) is 0 Å². The normalized spacial score (nSPS) is 10.5. The third-order valence-corrected chi connectivity index (χ3v) is 2.82. The standard InChI is InChI=1S/C10H10N2O2S/c1-6-9(7(2)13)12(14)10(11-6)8-3-4-15-5-8/h3-5,14H,1-2H3. The van der Waals surface area contributed by atoms with Crippen molar-refractivity contribution in [1.82, 2.24) is 9.71 Å². The number of nitrogens with zero attached hydrogens (tertiary/aromatic N) is 2. The fourth-order valence-corrected chi connectivity index (χ4v) is 2.14. The van der Waals surface area contributed by atoms with E-state index in [2.05, 4.69) is 4.98 Å². The van der Waals surface area contributed by atoms with Crippen LogP contribution in [0.4, 0.5) is 0 Å². The minimum Gasteiger partial charge on any atom is -0.426 e. The van der Waals surface area contributed by atoms with Crippen LogP contribution in [0.15, 0.2) is 16.8 Å². The molecule has 2 aromatic heterocycles. The number of hydrogen-bond donors (Lipinski definition) is 1.